The minimum absolute atomic E-state index is 0.162. The fraction of sp³-hybridized carbons (Fsp3) is 0.200. The number of methoxy groups -OCH3 is 1. The summed E-state index contributed by atoms with van der Waals surface area (Å²) in [4.78, 5) is 16.2. The van der Waals surface area contributed by atoms with Gasteiger partial charge in [-0.2, -0.15) is 5.10 Å². The monoisotopic (exact) mass is 380 g/mol. The van der Waals surface area contributed by atoms with E-state index >= 15 is 0 Å². The summed E-state index contributed by atoms with van der Waals surface area (Å²) in [5.74, 6) is -0.252. The molecule has 3 rings (SSSR count). The van der Waals surface area contributed by atoms with E-state index in [1.807, 2.05) is 0 Å². The van der Waals surface area contributed by atoms with E-state index in [1.165, 1.54) is 15.7 Å². The summed E-state index contributed by atoms with van der Waals surface area (Å²) in [6, 6.07) is 6.84. The number of hydrogen-bond donors (Lipinski definition) is 1. The summed E-state index contributed by atoms with van der Waals surface area (Å²) < 4.78 is 7.97. The zero-order valence-corrected chi connectivity index (χ0v) is 14.7. The smallest absolute Gasteiger partial charge is 0.278 e. The second-order valence-electron chi connectivity index (χ2n) is 5.08. The molecule has 8 nitrogen and oxygen atoms in total. The average molecular weight is 381 g/mol. The topological polar surface area (TPSA) is 86.9 Å². The van der Waals surface area contributed by atoms with E-state index in [0.29, 0.717) is 16.6 Å². The highest BCUT2D eigenvalue weighted by atomic mass is 35.5. The molecule has 130 valence electrons. The number of ether oxygens (including phenoxy) is 1. The minimum atomic E-state index is -0.414. The number of rotatable bonds is 6. The molecule has 0 aliphatic carbocycles. The standard InChI is InChI=1S/C15H14Cl2N6O2/c1-25-9-22-6-5-13(20-22)14(24)19-15-18-8-23(21-15)7-10-11(16)3-2-4-12(10)17/h2-6,8H,7,9H2,1H3,(H,19,21,24). The summed E-state index contributed by atoms with van der Waals surface area (Å²) in [5.41, 5.74) is 0.967. The molecule has 0 radical (unpaired) electrons. The van der Waals surface area contributed by atoms with Crippen molar-refractivity contribution in [2.24, 2.45) is 0 Å². The number of nitrogens with zero attached hydrogens (tertiary/aromatic N) is 5. The number of aromatic nitrogens is 5. The van der Waals surface area contributed by atoms with Crippen LogP contribution >= 0.6 is 23.2 Å². The lowest BCUT2D eigenvalue weighted by Gasteiger charge is -2.06. The maximum Gasteiger partial charge on any atom is 0.278 e. The van der Waals surface area contributed by atoms with Crippen LogP contribution in [0.1, 0.15) is 16.1 Å². The lowest BCUT2D eigenvalue weighted by molar-refractivity contribution is 0.101. The van der Waals surface area contributed by atoms with Crippen LogP contribution in [0.5, 0.6) is 0 Å². The van der Waals surface area contributed by atoms with Crippen LogP contribution in [0.3, 0.4) is 0 Å². The molecule has 1 amide bonds. The molecular weight excluding hydrogens is 367 g/mol. The molecule has 10 heteroatoms. The molecule has 3 aromatic rings. The molecular formula is C15H14Cl2N6O2. The first-order valence-electron chi connectivity index (χ1n) is 7.23. The van der Waals surface area contributed by atoms with Crippen molar-refractivity contribution >= 4 is 35.1 Å². The Morgan fingerprint density at radius 3 is 2.68 bits per heavy atom. The van der Waals surface area contributed by atoms with Gasteiger partial charge in [0.1, 0.15) is 13.1 Å². The molecule has 0 atom stereocenters. The van der Waals surface area contributed by atoms with Crippen molar-refractivity contribution in [3.05, 3.63) is 58.1 Å². The second-order valence-corrected chi connectivity index (χ2v) is 5.89. The van der Waals surface area contributed by atoms with Crippen LogP contribution in [0, 0.1) is 0 Å². The van der Waals surface area contributed by atoms with Gasteiger partial charge in [0.25, 0.3) is 5.91 Å². The van der Waals surface area contributed by atoms with Gasteiger partial charge in [-0.1, -0.05) is 29.3 Å². The number of carbonyl (C=O) groups excluding carboxylic acids is 1. The van der Waals surface area contributed by atoms with Crippen molar-refractivity contribution in [2.75, 3.05) is 12.4 Å². The Bertz CT molecular complexity index is 872. The molecule has 0 aliphatic rings. The van der Waals surface area contributed by atoms with E-state index in [2.05, 4.69) is 20.5 Å². The van der Waals surface area contributed by atoms with Gasteiger partial charge in [-0.15, -0.1) is 5.10 Å². The Morgan fingerprint density at radius 2 is 1.96 bits per heavy atom. The Balaban J connectivity index is 1.68. The Morgan fingerprint density at radius 1 is 1.20 bits per heavy atom. The minimum Gasteiger partial charge on any atom is -0.362 e. The van der Waals surface area contributed by atoms with Crippen LogP contribution in [0.15, 0.2) is 36.8 Å². The molecule has 25 heavy (non-hydrogen) atoms. The summed E-state index contributed by atoms with van der Waals surface area (Å²) in [6.45, 7) is 0.600. The molecule has 2 aromatic heterocycles. The third-order valence-corrected chi connectivity index (χ3v) is 3.99. The number of halogens is 2. The largest absolute Gasteiger partial charge is 0.362 e. The third-order valence-electron chi connectivity index (χ3n) is 3.28. The van der Waals surface area contributed by atoms with Crippen molar-refractivity contribution in [1.82, 2.24) is 24.5 Å². The number of anilines is 1. The summed E-state index contributed by atoms with van der Waals surface area (Å²) in [6.07, 6.45) is 3.13. The van der Waals surface area contributed by atoms with E-state index in [4.69, 9.17) is 27.9 Å². The molecule has 1 aromatic carbocycles. The van der Waals surface area contributed by atoms with Crippen LogP contribution in [0.4, 0.5) is 5.95 Å². The van der Waals surface area contributed by atoms with Crippen molar-refractivity contribution in [3.8, 4) is 0 Å². The predicted octanol–water partition coefficient (Wildman–Crippen LogP) is 2.69. The van der Waals surface area contributed by atoms with Crippen molar-refractivity contribution in [1.29, 1.82) is 0 Å². The number of amides is 1. The molecule has 0 saturated heterocycles. The second kappa shape index (κ2) is 7.64. The summed E-state index contributed by atoms with van der Waals surface area (Å²) in [5, 5.41) is 11.9. The van der Waals surface area contributed by atoms with Gasteiger partial charge in [-0.25, -0.2) is 14.3 Å². The lowest BCUT2D eigenvalue weighted by Crippen LogP contribution is -2.15. The first kappa shape index (κ1) is 17.4. The molecule has 0 unspecified atom stereocenters. The van der Waals surface area contributed by atoms with Gasteiger partial charge < -0.3 is 4.74 Å². The van der Waals surface area contributed by atoms with Crippen molar-refractivity contribution in [3.63, 3.8) is 0 Å². The van der Waals surface area contributed by atoms with Crippen LogP contribution in [0.25, 0.3) is 0 Å². The van der Waals surface area contributed by atoms with E-state index in [-0.39, 0.29) is 18.4 Å². The van der Waals surface area contributed by atoms with Gasteiger partial charge in [-0.3, -0.25) is 10.1 Å². The maximum absolute atomic E-state index is 12.1. The Labute approximate surface area is 153 Å². The quantitative estimate of drug-likeness (QED) is 0.710. The molecule has 0 spiro atoms. The third kappa shape index (κ3) is 4.16. The van der Waals surface area contributed by atoms with Gasteiger partial charge in [0, 0.05) is 28.9 Å². The SMILES string of the molecule is COCn1ccc(C(=O)Nc2ncn(Cc3c(Cl)cccc3Cl)n2)n1. The first-order chi connectivity index (χ1) is 12.1. The Kier molecular flexibility index (Phi) is 5.32. The van der Waals surface area contributed by atoms with Gasteiger partial charge in [0.15, 0.2) is 5.69 Å². The highest BCUT2D eigenvalue weighted by Crippen LogP contribution is 2.24. The molecule has 0 aliphatic heterocycles. The summed E-state index contributed by atoms with van der Waals surface area (Å²) in [7, 11) is 1.54. The van der Waals surface area contributed by atoms with Crippen LogP contribution in [0.2, 0.25) is 10.0 Å². The average Bonchev–Trinajstić information content (AvgIpc) is 3.21. The molecule has 0 fully saturated rings. The molecule has 2 heterocycles. The highest BCUT2D eigenvalue weighted by molar-refractivity contribution is 6.35. The van der Waals surface area contributed by atoms with Gasteiger partial charge in [0.2, 0.25) is 5.95 Å². The van der Waals surface area contributed by atoms with Crippen LogP contribution in [-0.4, -0.2) is 37.6 Å². The highest BCUT2D eigenvalue weighted by Gasteiger charge is 2.13. The van der Waals surface area contributed by atoms with Gasteiger partial charge >= 0.3 is 0 Å². The molecule has 0 saturated carbocycles. The molecule has 0 bridgehead atoms. The summed E-state index contributed by atoms with van der Waals surface area (Å²) >= 11 is 12.3. The van der Waals surface area contributed by atoms with Crippen molar-refractivity contribution in [2.45, 2.75) is 13.3 Å². The number of hydrogen-bond acceptors (Lipinski definition) is 5. The van der Waals surface area contributed by atoms with Crippen LogP contribution in [-0.2, 0) is 18.0 Å². The fourth-order valence-electron chi connectivity index (χ4n) is 2.13. The fourth-order valence-corrected chi connectivity index (χ4v) is 2.64. The normalized spacial score (nSPS) is 10.8. The maximum atomic E-state index is 12.1. The van der Waals surface area contributed by atoms with E-state index in [9.17, 15) is 4.79 Å². The first-order valence-corrected chi connectivity index (χ1v) is 7.98. The number of nitrogens with one attached hydrogen (secondary N) is 1. The van der Waals surface area contributed by atoms with Gasteiger partial charge in [0.05, 0.1) is 6.54 Å². The van der Waals surface area contributed by atoms with Gasteiger partial charge in [-0.05, 0) is 18.2 Å². The van der Waals surface area contributed by atoms with E-state index in [0.717, 1.165) is 5.56 Å². The number of benzene rings is 1. The zero-order valence-electron chi connectivity index (χ0n) is 13.2. The van der Waals surface area contributed by atoms with E-state index in [1.54, 1.807) is 37.6 Å². The Hall–Kier alpha value is -2.42. The van der Waals surface area contributed by atoms with Crippen LogP contribution < -0.4 is 5.32 Å². The zero-order chi connectivity index (χ0) is 17.8. The van der Waals surface area contributed by atoms with Crippen molar-refractivity contribution < 1.29 is 9.53 Å². The number of carbonyl (C=O) groups is 1. The van der Waals surface area contributed by atoms with E-state index < -0.39 is 5.91 Å². The molecule has 1 N–H and O–H groups in total. The predicted molar refractivity (Wildman–Crippen MR) is 92.8 cm³/mol. The lowest BCUT2D eigenvalue weighted by atomic mass is 10.2.